The van der Waals surface area contributed by atoms with E-state index in [2.05, 4.69) is 9.88 Å². The monoisotopic (exact) mass is 493 g/mol. The number of aromatic nitrogens is 1. The second-order valence-electron chi connectivity index (χ2n) is 7.73. The number of nitrogens with zero attached hydrogens (tertiary/aromatic N) is 4. The molecule has 0 spiro atoms. The van der Waals surface area contributed by atoms with Crippen LogP contribution in [0.4, 0.5) is 0 Å². The molecule has 2 N–H and O–H groups in total. The number of benzene rings is 1. The summed E-state index contributed by atoms with van der Waals surface area (Å²) in [6.45, 7) is 3.81. The third-order valence-corrected chi connectivity index (χ3v) is 7.68. The minimum atomic E-state index is -0.552. The van der Waals surface area contributed by atoms with Gasteiger partial charge in [0.05, 0.1) is 24.5 Å². The summed E-state index contributed by atoms with van der Waals surface area (Å²) in [4.78, 5) is 47.2. The molecule has 2 fully saturated rings. The highest BCUT2D eigenvalue weighted by atomic mass is 35.5. The van der Waals surface area contributed by atoms with Gasteiger partial charge in [-0.15, -0.1) is 23.1 Å². The highest BCUT2D eigenvalue weighted by molar-refractivity contribution is 7.99. The average molecular weight is 494 g/mol. The fourth-order valence-corrected chi connectivity index (χ4v) is 5.74. The molecule has 0 saturated carbocycles. The number of thioether (sulfide) groups is 1. The fraction of sp³-hybridized carbons (Fsp3) is 0.429. The van der Waals surface area contributed by atoms with E-state index >= 15 is 0 Å². The first kappa shape index (κ1) is 23.0. The molecule has 1 aromatic carbocycles. The smallest absolute Gasteiger partial charge is 0.249 e. The van der Waals surface area contributed by atoms with Gasteiger partial charge in [-0.2, -0.15) is 0 Å². The largest absolute Gasteiger partial charge is 0.366 e. The molecule has 0 aliphatic carbocycles. The third-order valence-electron chi connectivity index (χ3n) is 5.55. The Morgan fingerprint density at radius 2 is 1.84 bits per heavy atom. The lowest BCUT2D eigenvalue weighted by Gasteiger charge is -2.34. The second-order valence-corrected chi connectivity index (χ2v) is 10.1. The second kappa shape index (κ2) is 10.2. The maximum absolute atomic E-state index is 12.8. The molecule has 3 heterocycles. The summed E-state index contributed by atoms with van der Waals surface area (Å²) in [5.41, 5.74) is 7.04. The summed E-state index contributed by atoms with van der Waals surface area (Å²) in [7, 11) is 0. The van der Waals surface area contributed by atoms with Crippen molar-refractivity contribution in [2.45, 2.75) is 6.42 Å². The Balaban J connectivity index is 1.32. The van der Waals surface area contributed by atoms with Crippen molar-refractivity contribution >= 4 is 52.4 Å². The SMILES string of the molecule is NC(=O)c1ccc(Cl)cc1-c1nc(CC(=O)N2CCN(CC(=O)N3CCSC3)CC2)cs1. The van der Waals surface area contributed by atoms with E-state index < -0.39 is 5.91 Å². The Bertz CT molecular complexity index is 1020. The van der Waals surface area contributed by atoms with Crippen LogP contribution in [0, 0.1) is 0 Å². The number of carbonyl (C=O) groups is 3. The third kappa shape index (κ3) is 5.43. The maximum Gasteiger partial charge on any atom is 0.249 e. The number of primary amides is 1. The van der Waals surface area contributed by atoms with E-state index in [1.165, 1.54) is 11.3 Å². The van der Waals surface area contributed by atoms with Crippen molar-refractivity contribution < 1.29 is 14.4 Å². The van der Waals surface area contributed by atoms with Crippen molar-refractivity contribution in [1.29, 1.82) is 0 Å². The Kier molecular flexibility index (Phi) is 7.34. The van der Waals surface area contributed by atoms with Crippen LogP contribution in [0.25, 0.3) is 10.6 Å². The molecule has 32 heavy (non-hydrogen) atoms. The summed E-state index contributed by atoms with van der Waals surface area (Å²) < 4.78 is 0. The molecule has 0 bridgehead atoms. The molecule has 2 aliphatic rings. The highest BCUT2D eigenvalue weighted by Gasteiger charge is 2.26. The van der Waals surface area contributed by atoms with Crippen LogP contribution in [0.2, 0.25) is 5.02 Å². The Morgan fingerprint density at radius 3 is 2.53 bits per heavy atom. The number of nitrogens with two attached hydrogens (primary N) is 1. The van der Waals surface area contributed by atoms with E-state index in [1.807, 2.05) is 15.2 Å². The van der Waals surface area contributed by atoms with Gasteiger partial charge in [-0.05, 0) is 18.2 Å². The van der Waals surface area contributed by atoms with Crippen molar-refractivity contribution in [2.24, 2.45) is 5.73 Å². The zero-order chi connectivity index (χ0) is 22.7. The topological polar surface area (TPSA) is 99.8 Å². The Hall–Kier alpha value is -2.14. The van der Waals surface area contributed by atoms with Gasteiger partial charge in [0.1, 0.15) is 5.01 Å². The van der Waals surface area contributed by atoms with Crippen LogP contribution in [0.15, 0.2) is 23.6 Å². The predicted octanol–water partition coefficient (Wildman–Crippen LogP) is 1.78. The molecule has 0 radical (unpaired) electrons. The number of rotatable bonds is 6. The van der Waals surface area contributed by atoms with Gasteiger partial charge in [0.15, 0.2) is 0 Å². The molecule has 11 heteroatoms. The number of thiazole rings is 1. The van der Waals surface area contributed by atoms with E-state index in [9.17, 15) is 14.4 Å². The molecular formula is C21H24ClN5O3S2. The zero-order valence-corrected chi connectivity index (χ0v) is 19.8. The van der Waals surface area contributed by atoms with Gasteiger partial charge in [0.2, 0.25) is 17.7 Å². The van der Waals surface area contributed by atoms with Crippen LogP contribution >= 0.6 is 34.7 Å². The standard InChI is InChI=1S/C21H24ClN5O3S2/c22-14-1-2-16(20(23)30)17(9-14)21-24-15(12-32-21)10-18(28)26-5-3-25(4-6-26)11-19(29)27-7-8-31-13-27/h1-2,9,12H,3-8,10-11,13H2,(H2,23,30). The van der Waals surface area contributed by atoms with Crippen LogP contribution in [-0.2, 0) is 16.0 Å². The van der Waals surface area contributed by atoms with Gasteiger partial charge >= 0.3 is 0 Å². The highest BCUT2D eigenvalue weighted by Crippen LogP contribution is 2.30. The lowest BCUT2D eigenvalue weighted by molar-refractivity contribution is -0.134. The average Bonchev–Trinajstić information content (AvgIpc) is 3.46. The molecule has 0 unspecified atom stereocenters. The predicted molar refractivity (Wildman–Crippen MR) is 127 cm³/mol. The first-order valence-corrected chi connectivity index (χ1v) is 12.7. The van der Waals surface area contributed by atoms with Crippen LogP contribution in [0.5, 0.6) is 0 Å². The Labute approximate surface area is 199 Å². The van der Waals surface area contributed by atoms with Crippen molar-refractivity contribution in [3.63, 3.8) is 0 Å². The Morgan fingerprint density at radius 1 is 1.06 bits per heavy atom. The number of hydrogen-bond acceptors (Lipinski definition) is 7. The number of halogens is 1. The molecule has 1 aromatic heterocycles. The lowest BCUT2D eigenvalue weighted by Crippen LogP contribution is -2.51. The quantitative estimate of drug-likeness (QED) is 0.658. The van der Waals surface area contributed by atoms with Gasteiger partial charge in [-0.3, -0.25) is 19.3 Å². The maximum atomic E-state index is 12.8. The van der Waals surface area contributed by atoms with Crippen molar-refractivity contribution in [1.82, 2.24) is 19.7 Å². The molecule has 4 rings (SSSR count). The minimum absolute atomic E-state index is 0.00462. The molecular weight excluding hydrogens is 470 g/mol. The van der Waals surface area contributed by atoms with Crippen molar-refractivity contribution in [3.05, 3.63) is 39.9 Å². The molecule has 3 amide bonds. The summed E-state index contributed by atoms with van der Waals surface area (Å²) in [5.74, 6) is 1.41. The van der Waals surface area contributed by atoms with E-state index in [0.717, 1.165) is 18.2 Å². The summed E-state index contributed by atoms with van der Waals surface area (Å²) >= 11 is 9.21. The lowest BCUT2D eigenvalue weighted by atomic mass is 10.1. The molecule has 0 atom stereocenters. The van der Waals surface area contributed by atoms with Crippen molar-refractivity contribution in [3.8, 4) is 10.6 Å². The van der Waals surface area contributed by atoms with Crippen molar-refractivity contribution in [2.75, 3.05) is 50.9 Å². The van der Waals surface area contributed by atoms with Gasteiger partial charge in [0.25, 0.3) is 0 Å². The summed E-state index contributed by atoms with van der Waals surface area (Å²) in [6.07, 6.45) is 0.187. The van der Waals surface area contributed by atoms with E-state index in [0.29, 0.717) is 59.6 Å². The van der Waals surface area contributed by atoms with Gasteiger partial charge in [0, 0.05) is 60.0 Å². The molecule has 2 aliphatic heterocycles. The number of hydrogen-bond donors (Lipinski definition) is 1. The first-order valence-electron chi connectivity index (χ1n) is 10.3. The molecule has 2 saturated heterocycles. The number of carbonyl (C=O) groups excluding carboxylic acids is 3. The normalized spacial score (nSPS) is 17.0. The minimum Gasteiger partial charge on any atom is -0.366 e. The number of amides is 3. The van der Waals surface area contributed by atoms with Crippen LogP contribution in [0.1, 0.15) is 16.1 Å². The number of piperazine rings is 1. The van der Waals surface area contributed by atoms with Gasteiger partial charge < -0.3 is 15.5 Å². The summed E-state index contributed by atoms with van der Waals surface area (Å²) in [5, 5.41) is 2.91. The van der Waals surface area contributed by atoms with Crippen LogP contribution < -0.4 is 5.73 Å². The van der Waals surface area contributed by atoms with Gasteiger partial charge in [-0.1, -0.05) is 11.6 Å². The molecule has 8 nitrogen and oxygen atoms in total. The van der Waals surface area contributed by atoms with Gasteiger partial charge in [-0.25, -0.2) is 4.98 Å². The summed E-state index contributed by atoms with van der Waals surface area (Å²) in [6, 6.07) is 4.85. The van der Waals surface area contributed by atoms with Crippen LogP contribution in [0.3, 0.4) is 0 Å². The van der Waals surface area contributed by atoms with E-state index in [1.54, 1.807) is 30.0 Å². The fourth-order valence-electron chi connectivity index (χ4n) is 3.74. The molecule has 170 valence electrons. The van der Waals surface area contributed by atoms with E-state index in [-0.39, 0.29) is 18.2 Å². The van der Waals surface area contributed by atoms with E-state index in [4.69, 9.17) is 17.3 Å². The van der Waals surface area contributed by atoms with Crippen LogP contribution in [-0.4, -0.2) is 88.3 Å². The first-order chi connectivity index (χ1) is 15.4. The zero-order valence-electron chi connectivity index (χ0n) is 17.5. The molecule has 2 aromatic rings.